The molecule has 1 unspecified atom stereocenters. The molecule has 1 aliphatic rings. The van der Waals surface area contributed by atoms with Crippen molar-refractivity contribution in [2.24, 2.45) is 13.0 Å². The van der Waals surface area contributed by atoms with E-state index in [1.807, 2.05) is 13.0 Å². The topological polar surface area (TPSA) is 59.0 Å². The fraction of sp³-hybridized carbons (Fsp3) is 0.636. The number of hydrogen-bond donors (Lipinski definition) is 2. The van der Waals surface area contributed by atoms with E-state index in [0.717, 1.165) is 31.7 Å². The highest BCUT2D eigenvalue weighted by Gasteiger charge is 2.17. The molecule has 1 saturated heterocycles. The van der Waals surface area contributed by atoms with Gasteiger partial charge in [-0.2, -0.15) is 5.10 Å². The van der Waals surface area contributed by atoms with Crippen LogP contribution in [0, 0.1) is 12.8 Å². The zero-order chi connectivity index (χ0) is 11.5. The number of hydrogen-bond acceptors (Lipinski definition) is 3. The Morgan fingerprint density at radius 1 is 1.71 bits per heavy atom. The predicted octanol–water partition coefficient (Wildman–Crippen LogP) is 0.490. The van der Waals surface area contributed by atoms with Crippen molar-refractivity contribution < 1.29 is 4.79 Å². The number of halogens is 1. The van der Waals surface area contributed by atoms with E-state index in [0.29, 0.717) is 11.6 Å². The van der Waals surface area contributed by atoms with Crippen molar-refractivity contribution in [1.82, 2.24) is 20.4 Å². The number of aryl methyl sites for hydroxylation is 2. The van der Waals surface area contributed by atoms with Crippen LogP contribution < -0.4 is 10.6 Å². The first-order chi connectivity index (χ1) is 7.66. The molecule has 2 heterocycles. The quantitative estimate of drug-likeness (QED) is 0.830. The van der Waals surface area contributed by atoms with E-state index < -0.39 is 0 Å². The molecule has 0 aliphatic carbocycles. The summed E-state index contributed by atoms with van der Waals surface area (Å²) in [5.41, 5.74) is 1.50. The van der Waals surface area contributed by atoms with Gasteiger partial charge < -0.3 is 10.6 Å². The molecule has 1 aliphatic heterocycles. The van der Waals surface area contributed by atoms with Gasteiger partial charge in [0.2, 0.25) is 0 Å². The molecule has 1 aromatic rings. The first kappa shape index (κ1) is 14.0. The molecule has 2 N–H and O–H groups in total. The Morgan fingerprint density at radius 2 is 2.47 bits per heavy atom. The van der Waals surface area contributed by atoms with Gasteiger partial charge in [-0.25, -0.2) is 0 Å². The van der Waals surface area contributed by atoms with Crippen LogP contribution in [0.25, 0.3) is 0 Å². The van der Waals surface area contributed by atoms with Gasteiger partial charge in [-0.1, -0.05) is 0 Å². The minimum atomic E-state index is -0.0324. The molecule has 1 fully saturated rings. The Labute approximate surface area is 107 Å². The molecular weight excluding hydrogens is 240 g/mol. The molecule has 0 aromatic carbocycles. The molecule has 17 heavy (non-hydrogen) atoms. The average Bonchev–Trinajstić information content (AvgIpc) is 2.84. The third kappa shape index (κ3) is 3.44. The smallest absolute Gasteiger partial charge is 0.269 e. The number of rotatable bonds is 3. The van der Waals surface area contributed by atoms with Crippen LogP contribution in [0.5, 0.6) is 0 Å². The summed E-state index contributed by atoms with van der Waals surface area (Å²) in [6, 6.07) is 1.81. The number of nitrogens with one attached hydrogen (secondary N) is 2. The average molecular weight is 259 g/mol. The minimum Gasteiger partial charge on any atom is -0.350 e. The van der Waals surface area contributed by atoms with Crippen LogP contribution in [-0.2, 0) is 7.05 Å². The summed E-state index contributed by atoms with van der Waals surface area (Å²) >= 11 is 0. The largest absolute Gasteiger partial charge is 0.350 e. The van der Waals surface area contributed by atoms with Crippen molar-refractivity contribution in [3.63, 3.8) is 0 Å². The maximum absolute atomic E-state index is 11.8. The third-order valence-corrected chi connectivity index (χ3v) is 2.95. The van der Waals surface area contributed by atoms with Gasteiger partial charge in [0.25, 0.3) is 5.91 Å². The van der Waals surface area contributed by atoms with Gasteiger partial charge in [0.1, 0.15) is 5.69 Å². The van der Waals surface area contributed by atoms with Crippen molar-refractivity contribution >= 4 is 18.3 Å². The van der Waals surface area contributed by atoms with E-state index >= 15 is 0 Å². The van der Waals surface area contributed by atoms with E-state index in [9.17, 15) is 4.79 Å². The molecule has 0 spiro atoms. The maximum Gasteiger partial charge on any atom is 0.269 e. The van der Waals surface area contributed by atoms with E-state index in [-0.39, 0.29) is 18.3 Å². The summed E-state index contributed by atoms with van der Waals surface area (Å²) < 4.78 is 1.62. The Balaban J connectivity index is 0.00000144. The zero-order valence-corrected chi connectivity index (χ0v) is 11.0. The van der Waals surface area contributed by atoms with Crippen molar-refractivity contribution in [2.75, 3.05) is 19.6 Å². The molecule has 0 saturated carbocycles. The summed E-state index contributed by atoms with van der Waals surface area (Å²) in [4.78, 5) is 11.8. The summed E-state index contributed by atoms with van der Waals surface area (Å²) in [5.74, 6) is 0.535. The standard InChI is InChI=1S/C11H18N4O.ClH/c1-8-5-10(15(2)14-8)11(16)13-7-9-3-4-12-6-9;/h5,9,12H,3-4,6-7H2,1-2H3,(H,13,16);1H. The van der Waals surface area contributed by atoms with E-state index in [2.05, 4.69) is 15.7 Å². The van der Waals surface area contributed by atoms with Gasteiger partial charge in [-0.3, -0.25) is 9.48 Å². The van der Waals surface area contributed by atoms with E-state index in [1.165, 1.54) is 0 Å². The number of nitrogens with zero attached hydrogens (tertiary/aromatic N) is 2. The molecule has 1 atom stereocenters. The van der Waals surface area contributed by atoms with Gasteiger partial charge >= 0.3 is 0 Å². The summed E-state index contributed by atoms with van der Waals surface area (Å²) in [5, 5.41) is 10.4. The fourth-order valence-corrected chi connectivity index (χ4v) is 2.04. The highest BCUT2D eigenvalue weighted by molar-refractivity contribution is 5.92. The second-order valence-electron chi connectivity index (χ2n) is 4.36. The summed E-state index contributed by atoms with van der Waals surface area (Å²) in [7, 11) is 1.79. The lowest BCUT2D eigenvalue weighted by Gasteiger charge is -2.09. The number of carbonyl (C=O) groups is 1. The zero-order valence-electron chi connectivity index (χ0n) is 10.2. The molecule has 2 rings (SSSR count). The van der Waals surface area contributed by atoms with Gasteiger partial charge in [0, 0.05) is 13.6 Å². The normalized spacial score (nSPS) is 18.8. The molecule has 0 bridgehead atoms. The highest BCUT2D eigenvalue weighted by atomic mass is 35.5. The predicted molar refractivity (Wildman–Crippen MR) is 68.5 cm³/mol. The van der Waals surface area contributed by atoms with Crippen molar-refractivity contribution in [1.29, 1.82) is 0 Å². The molecular formula is C11H19ClN4O. The minimum absolute atomic E-state index is 0. The SMILES string of the molecule is Cc1cc(C(=O)NCC2CCNC2)n(C)n1.Cl. The molecule has 96 valence electrons. The van der Waals surface area contributed by atoms with Crippen LogP contribution in [-0.4, -0.2) is 35.3 Å². The highest BCUT2D eigenvalue weighted by Crippen LogP contribution is 2.06. The lowest BCUT2D eigenvalue weighted by atomic mass is 10.1. The van der Waals surface area contributed by atoms with Crippen LogP contribution in [0.1, 0.15) is 22.6 Å². The van der Waals surface area contributed by atoms with Gasteiger partial charge in [0.05, 0.1) is 5.69 Å². The Hall–Kier alpha value is -1.07. The summed E-state index contributed by atoms with van der Waals surface area (Å²) in [6.45, 7) is 4.70. The van der Waals surface area contributed by atoms with Crippen LogP contribution in [0.4, 0.5) is 0 Å². The number of amides is 1. The first-order valence-electron chi connectivity index (χ1n) is 5.66. The van der Waals surface area contributed by atoms with Gasteiger partial charge in [0.15, 0.2) is 0 Å². The monoisotopic (exact) mass is 258 g/mol. The first-order valence-corrected chi connectivity index (χ1v) is 5.66. The second-order valence-corrected chi connectivity index (χ2v) is 4.36. The van der Waals surface area contributed by atoms with Crippen LogP contribution in [0.15, 0.2) is 6.07 Å². The van der Waals surface area contributed by atoms with Crippen molar-refractivity contribution in [2.45, 2.75) is 13.3 Å². The van der Waals surface area contributed by atoms with Crippen molar-refractivity contribution in [3.05, 3.63) is 17.5 Å². The second kappa shape index (κ2) is 6.02. The van der Waals surface area contributed by atoms with Crippen LogP contribution in [0.2, 0.25) is 0 Å². The lowest BCUT2D eigenvalue weighted by molar-refractivity contribution is 0.0939. The molecule has 6 heteroatoms. The molecule has 5 nitrogen and oxygen atoms in total. The number of carbonyl (C=O) groups excluding carboxylic acids is 1. The molecule has 1 amide bonds. The maximum atomic E-state index is 11.8. The Kier molecular flexibility index (Phi) is 4.96. The van der Waals surface area contributed by atoms with E-state index in [4.69, 9.17) is 0 Å². The van der Waals surface area contributed by atoms with Gasteiger partial charge in [-0.05, 0) is 38.4 Å². The van der Waals surface area contributed by atoms with Crippen LogP contribution >= 0.6 is 12.4 Å². The Morgan fingerprint density at radius 3 is 3.00 bits per heavy atom. The fourth-order valence-electron chi connectivity index (χ4n) is 2.04. The van der Waals surface area contributed by atoms with E-state index in [1.54, 1.807) is 11.7 Å². The third-order valence-electron chi connectivity index (χ3n) is 2.95. The van der Waals surface area contributed by atoms with Crippen LogP contribution in [0.3, 0.4) is 0 Å². The Bertz CT molecular complexity index is 385. The van der Waals surface area contributed by atoms with Gasteiger partial charge in [-0.15, -0.1) is 12.4 Å². The number of aromatic nitrogens is 2. The molecule has 0 radical (unpaired) electrons. The summed E-state index contributed by atoms with van der Waals surface area (Å²) in [6.07, 6.45) is 1.14. The lowest BCUT2D eigenvalue weighted by Crippen LogP contribution is -2.31. The van der Waals surface area contributed by atoms with Crippen molar-refractivity contribution in [3.8, 4) is 0 Å². The molecule has 1 aromatic heterocycles.